The third-order valence-electron chi connectivity index (χ3n) is 1.90. The van der Waals surface area contributed by atoms with Crippen LogP contribution in [0, 0.1) is 0 Å². The van der Waals surface area contributed by atoms with Crippen LogP contribution in [0.15, 0.2) is 18.3 Å². The highest BCUT2D eigenvalue weighted by atomic mass is 16.5. The highest BCUT2D eigenvalue weighted by Crippen LogP contribution is 2.12. The van der Waals surface area contributed by atoms with Gasteiger partial charge in [0.25, 0.3) is 0 Å². The molecule has 88 valence electrons. The van der Waals surface area contributed by atoms with Gasteiger partial charge in [-0.15, -0.1) is 0 Å². The van der Waals surface area contributed by atoms with E-state index in [0.29, 0.717) is 12.4 Å². The fourth-order valence-electron chi connectivity index (χ4n) is 1.23. The van der Waals surface area contributed by atoms with Gasteiger partial charge in [-0.1, -0.05) is 6.07 Å². The molecular formula is C11H17N3O2. The Morgan fingerprint density at radius 3 is 2.94 bits per heavy atom. The first-order valence-corrected chi connectivity index (χ1v) is 5.15. The van der Waals surface area contributed by atoms with E-state index in [-0.39, 0.29) is 12.1 Å². The van der Waals surface area contributed by atoms with Gasteiger partial charge < -0.3 is 15.4 Å². The summed E-state index contributed by atoms with van der Waals surface area (Å²) in [6, 6.07) is 3.60. The van der Waals surface area contributed by atoms with Gasteiger partial charge in [0.15, 0.2) is 0 Å². The monoisotopic (exact) mass is 223 g/mol. The Bertz CT molecular complexity index is 353. The Labute approximate surface area is 95.2 Å². The van der Waals surface area contributed by atoms with E-state index in [1.807, 2.05) is 19.9 Å². The standard InChI is InChI=1S/C11H17N3O2/c1-8(2)14-11(15)13-7-9-5-4-6-12-10(9)16-3/h4-6,8H,7H2,1-3H3,(H2,13,14,15). The zero-order chi connectivity index (χ0) is 12.0. The van der Waals surface area contributed by atoms with E-state index in [4.69, 9.17) is 4.74 Å². The van der Waals surface area contributed by atoms with E-state index in [9.17, 15) is 4.79 Å². The fourth-order valence-corrected chi connectivity index (χ4v) is 1.23. The highest BCUT2D eigenvalue weighted by molar-refractivity contribution is 5.74. The van der Waals surface area contributed by atoms with Crippen molar-refractivity contribution in [3.05, 3.63) is 23.9 Å². The minimum Gasteiger partial charge on any atom is -0.481 e. The first-order chi connectivity index (χ1) is 7.63. The van der Waals surface area contributed by atoms with Crippen molar-refractivity contribution in [3.63, 3.8) is 0 Å². The molecule has 2 N–H and O–H groups in total. The Hall–Kier alpha value is -1.78. The molecule has 0 atom stereocenters. The molecule has 0 radical (unpaired) electrons. The first-order valence-electron chi connectivity index (χ1n) is 5.15. The van der Waals surface area contributed by atoms with Crippen LogP contribution >= 0.6 is 0 Å². The van der Waals surface area contributed by atoms with Gasteiger partial charge in [-0.3, -0.25) is 0 Å². The SMILES string of the molecule is COc1ncccc1CNC(=O)NC(C)C. The number of hydrogen-bond acceptors (Lipinski definition) is 3. The summed E-state index contributed by atoms with van der Waals surface area (Å²) in [4.78, 5) is 15.4. The van der Waals surface area contributed by atoms with Gasteiger partial charge in [-0.2, -0.15) is 0 Å². The molecule has 0 spiro atoms. The molecule has 0 aromatic carbocycles. The molecule has 1 aromatic rings. The number of aromatic nitrogens is 1. The van der Waals surface area contributed by atoms with Gasteiger partial charge in [-0.25, -0.2) is 9.78 Å². The topological polar surface area (TPSA) is 63.2 Å². The van der Waals surface area contributed by atoms with Crippen molar-refractivity contribution in [3.8, 4) is 5.88 Å². The van der Waals surface area contributed by atoms with E-state index < -0.39 is 0 Å². The fraction of sp³-hybridized carbons (Fsp3) is 0.455. The largest absolute Gasteiger partial charge is 0.481 e. The number of nitrogens with one attached hydrogen (secondary N) is 2. The zero-order valence-electron chi connectivity index (χ0n) is 9.78. The number of ether oxygens (including phenoxy) is 1. The van der Waals surface area contributed by atoms with E-state index in [1.54, 1.807) is 19.4 Å². The van der Waals surface area contributed by atoms with Gasteiger partial charge in [0.2, 0.25) is 5.88 Å². The zero-order valence-corrected chi connectivity index (χ0v) is 9.78. The second-order valence-corrected chi connectivity index (χ2v) is 3.65. The van der Waals surface area contributed by atoms with Crippen LogP contribution in [0.2, 0.25) is 0 Å². The second kappa shape index (κ2) is 5.95. The van der Waals surface area contributed by atoms with E-state index in [0.717, 1.165) is 5.56 Å². The van der Waals surface area contributed by atoms with E-state index >= 15 is 0 Å². The molecule has 0 aliphatic heterocycles. The maximum Gasteiger partial charge on any atom is 0.315 e. The average Bonchev–Trinajstić information content (AvgIpc) is 2.26. The van der Waals surface area contributed by atoms with Crippen molar-refractivity contribution in [2.45, 2.75) is 26.4 Å². The molecule has 16 heavy (non-hydrogen) atoms. The molecule has 0 aliphatic rings. The number of methoxy groups -OCH3 is 1. The number of carbonyl (C=O) groups is 1. The third-order valence-corrected chi connectivity index (χ3v) is 1.90. The quantitative estimate of drug-likeness (QED) is 0.808. The molecule has 0 unspecified atom stereocenters. The molecule has 0 bridgehead atoms. The molecule has 1 rings (SSSR count). The Balaban J connectivity index is 2.51. The van der Waals surface area contributed by atoms with Gasteiger partial charge in [0, 0.05) is 24.3 Å². The van der Waals surface area contributed by atoms with Crippen LogP contribution < -0.4 is 15.4 Å². The molecule has 0 fully saturated rings. The van der Waals surface area contributed by atoms with Gasteiger partial charge in [0.1, 0.15) is 0 Å². The van der Waals surface area contributed by atoms with Crippen LogP contribution in [-0.4, -0.2) is 24.2 Å². The van der Waals surface area contributed by atoms with Crippen molar-refractivity contribution in [2.75, 3.05) is 7.11 Å². The molecule has 5 nitrogen and oxygen atoms in total. The summed E-state index contributed by atoms with van der Waals surface area (Å²) in [5.41, 5.74) is 0.851. The number of hydrogen-bond donors (Lipinski definition) is 2. The molecule has 1 heterocycles. The smallest absolute Gasteiger partial charge is 0.315 e. The number of nitrogens with zero attached hydrogens (tertiary/aromatic N) is 1. The van der Waals surface area contributed by atoms with Crippen LogP contribution in [0.1, 0.15) is 19.4 Å². The lowest BCUT2D eigenvalue weighted by molar-refractivity contribution is 0.238. The lowest BCUT2D eigenvalue weighted by atomic mass is 10.2. The van der Waals surface area contributed by atoms with Crippen LogP contribution in [0.25, 0.3) is 0 Å². The second-order valence-electron chi connectivity index (χ2n) is 3.65. The minimum atomic E-state index is -0.194. The Morgan fingerprint density at radius 2 is 2.31 bits per heavy atom. The Kier molecular flexibility index (Phi) is 4.57. The van der Waals surface area contributed by atoms with Gasteiger partial charge in [0.05, 0.1) is 7.11 Å². The van der Waals surface area contributed by atoms with Crippen LogP contribution in [0.5, 0.6) is 5.88 Å². The molecule has 0 aliphatic carbocycles. The van der Waals surface area contributed by atoms with E-state index in [2.05, 4.69) is 15.6 Å². The van der Waals surface area contributed by atoms with Crippen molar-refractivity contribution < 1.29 is 9.53 Å². The summed E-state index contributed by atoms with van der Waals surface area (Å²) in [7, 11) is 1.56. The normalized spacial score (nSPS) is 10.0. The van der Waals surface area contributed by atoms with Crippen LogP contribution in [0.3, 0.4) is 0 Å². The average molecular weight is 223 g/mol. The third kappa shape index (κ3) is 3.76. The summed E-state index contributed by atoms with van der Waals surface area (Å²) < 4.78 is 5.08. The lowest BCUT2D eigenvalue weighted by Gasteiger charge is -2.11. The number of rotatable bonds is 4. The number of amides is 2. The van der Waals surface area contributed by atoms with Crippen molar-refractivity contribution in [2.24, 2.45) is 0 Å². The maximum atomic E-state index is 11.3. The molecular weight excluding hydrogens is 206 g/mol. The number of urea groups is 1. The molecule has 1 aromatic heterocycles. The molecule has 5 heteroatoms. The summed E-state index contributed by atoms with van der Waals surface area (Å²) in [6.07, 6.45) is 1.65. The van der Waals surface area contributed by atoms with Crippen molar-refractivity contribution in [1.29, 1.82) is 0 Å². The molecule has 2 amide bonds. The van der Waals surface area contributed by atoms with Gasteiger partial charge in [-0.05, 0) is 19.9 Å². The number of pyridine rings is 1. The highest BCUT2D eigenvalue weighted by Gasteiger charge is 2.06. The van der Waals surface area contributed by atoms with E-state index in [1.165, 1.54) is 0 Å². The van der Waals surface area contributed by atoms with Crippen molar-refractivity contribution in [1.82, 2.24) is 15.6 Å². The summed E-state index contributed by atoms with van der Waals surface area (Å²) in [5, 5.41) is 5.47. The molecule has 0 saturated carbocycles. The summed E-state index contributed by atoms with van der Waals surface area (Å²) >= 11 is 0. The maximum absolute atomic E-state index is 11.3. The lowest BCUT2D eigenvalue weighted by Crippen LogP contribution is -2.39. The predicted molar refractivity (Wildman–Crippen MR) is 61.3 cm³/mol. The van der Waals surface area contributed by atoms with Gasteiger partial charge >= 0.3 is 6.03 Å². The van der Waals surface area contributed by atoms with Crippen LogP contribution in [0.4, 0.5) is 4.79 Å². The predicted octanol–water partition coefficient (Wildman–Crippen LogP) is 1.30. The molecule has 0 saturated heterocycles. The van der Waals surface area contributed by atoms with Crippen molar-refractivity contribution >= 4 is 6.03 Å². The summed E-state index contributed by atoms with van der Waals surface area (Å²) in [5.74, 6) is 0.535. The number of carbonyl (C=O) groups excluding carboxylic acids is 1. The first kappa shape index (κ1) is 12.3. The Morgan fingerprint density at radius 1 is 1.56 bits per heavy atom. The summed E-state index contributed by atoms with van der Waals surface area (Å²) in [6.45, 7) is 4.21. The minimum absolute atomic E-state index is 0.121. The van der Waals surface area contributed by atoms with Crippen LogP contribution in [-0.2, 0) is 6.54 Å².